The number of pyridine rings is 2. The topological polar surface area (TPSA) is 49.3 Å². The minimum Gasteiger partial charge on any atom is -0.311 e. The summed E-state index contributed by atoms with van der Waals surface area (Å²) in [6, 6.07) is 3.85. The van der Waals surface area contributed by atoms with Crippen molar-refractivity contribution in [1.82, 2.24) is 9.97 Å². The summed E-state index contributed by atoms with van der Waals surface area (Å²) in [5.41, 5.74) is -0.548. The average Bonchev–Trinajstić information content (AvgIpc) is 3.12. The third-order valence-corrected chi connectivity index (χ3v) is 6.07. The molecule has 0 radical (unpaired) electrons. The number of carbonyl (C=O) groups is 1. The monoisotopic (exact) mass is 560 g/mol. The Labute approximate surface area is 204 Å². The smallest absolute Gasteiger partial charge is 0.311 e. The maximum absolute atomic E-state index is 14.4. The number of rotatable bonds is 3. The van der Waals surface area contributed by atoms with Crippen LogP contribution >= 0.6 is 27.5 Å². The second-order valence-electron chi connectivity index (χ2n) is 7.69. The maximum atomic E-state index is 14.4. The van der Waals surface area contributed by atoms with Gasteiger partial charge in [-0.2, -0.15) is 13.2 Å². The van der Waals surface area contributed by atoms with Crippen LogP contribution in [0.5, 0.6) is 0 Å². The van der Waals surface area contributed by atoms with E-state index >= 15 is 0 Å². The van der Waals surface area contributed by atoms with Gasteiger partial charge in [0.1, 0.15) is 29.3 Å². The van der Waals surface area contributed by atoms with E-state index in [4.69, 9.17) is 11.6 Å². The van der Waals surface area contributed by atoms with Crippen LogP contribution in [0.4, 0.5) is 39.3 Å². The number of aryl methyl sites for hydroxylation is 1. The van der Waals surface area contributed by atoms with Gasteiger partial charge in [-0.3, -0.25) is 9.69 Å². The Morgan fingerprint density at radius 3 is 2.56 bits per heavy atom. The number of anilines is 3. The molecule has 0 bridgehead atoms. The van der Waals surface area contributed by atoms with Gasteiger partial charge < -0.3 is 4.90 Å². The van der Waals surface area contributed by atoms with E-state index < -0.39 is 35.3 Å². The molecule has 0 spiro atoms. The average molecular weight is 562 g/mol. The lowest BCUT2D eigenvalue weighted by atomic mass is 10.1. The molecule has 0 saturated carbocycles. The number of hydrogen-bond acceptors (Lipinski definition) is 4. The first-order valence-electron chi connectivity index (χ1n) is 9.78. The molecule has 34 heavy (non-hydrogen) atoms. The zero-order chi connectivity index (χ0) is 24.9. The molecule has 1 atom stereocenters. The van der Waals surface area contributed by atoms with Gasteiger partial charge in [-0.15, -0.1) is 0 Å². The highest BCUT2D eigenvalue weighted by atomic mass is 79.9. The van der Waals surface area contributed by atoms with Crippen molar-refractivity contribution in [2.75, 3.05) is 16.8 Å². The number of likely N-dealkylation sites (N-methyl/N-ethyl adjacent to an activating group) is 1. The Bertz CT molecular complexity index is 1300. The molecule has 0 N–H and O–H groups in total. The quantitative estimate of drug-likeness (QED) is 0.281. The van der Waals surface area contributed by atoms with E-state index in [1.807, 2.05) is 0 Å². The summed E-state index contributed by atoms with van der Waals surface area (Å²) >= 11 is 9.06. The van der Waals surface area contributed by atoms with Gasteiger partial charge in [0.05, 0.1) is 16.3 Å². The number of alkyl halides is 3. The van der Waals surface area contributed by atoms with Gasteiger partial charge in [0.2, 0.25) is 5.91 Å². The molecule has 1 amide bonds. The fourth-order valence-electron chi connectivity index (χ4n) is 3.80. The fourth-order valence-corrected chi connectivity index (χ4v) is 4.34. The van der Waals surface area contributed by atoms with Gasteiger partial charge in [-0.05, 0) is 52.7 Å². The molecule has 1 aliphatic rings. The first-order valence-corrected chi connectivity index (χ1v) is 11.0. The number of halogens is 7. The molecule has 5 nitrogen and oxygen atoms in total. The van der Waals surface area contributed by atoms with Gasteiger partial charge >= 0.3 is 6.18 Å². The highest BCUT2D eigenvalue weighted by Gasteiger charge is 2.41. The summed E-state index contributed by atoms with van der Waals surface area (Å²) in [5, 5.41) is -0.386. The Morgan fingerprint density at radius 2 is 1.88 bits per heavy atom. The van der Waals surface area contributed by atoms with E-state index in [1.54, 1.807) is 6.07 Å². The van der Waals surface area contributed by atoms with Gasteiger partial charge in [0, 0.05) is 35.9 Å². The predicted octanol–water partition coefficient (Wildman–Crippen LogP) is 6.22. The lowest BCUT2D eigenvalue weighted by Gasteiger charge is -2.29. The van der Waals surface area contributed by atoms with E-state index in [0.717, 1.165) is 23.1 Å². The highest BCUT2D eigenvalue weighted by Crippen LogP contribution is 2.40. The van der Waals surface area contributed by atoms with Crippen LogP contribution in [-0.2, 0) is 17.4 Å². The lowest BCUT2D eigenvalue weighted by molar-refractivity contribution is -0.137. The zero-order valence-electron chi connectivity index (χ0n) is 17.6. The van der Waals surface area contributed by atoms with Crippen LogP contribution < -0.4 is 9.80 Å². The molecule has 2 aromatic heterocycles. The van der Waals surface area contributed by atoms with Crippen LogP contribution in [0, 0.1) is 18.6 Å². The zero-order valence-corrected chi connectivity index (χ0v) is 19.9. The minimum atomic E-state index is -4.64. The van der Waals surface area contributed by atoms with Crippen molar-refractivity contribution in [3.8, 4) is 0 Å². The van der Waals surface area contributed by atoms with Crippen LogP contribution in [0.1, 0.15) is 16.8 Å². The first kappa shape index (κ1) is 24.3. The van der Waals surface area contributed by atoms with E-state index in [-0.39, 0.29) is 34.5 Å². The third-order valence-electron chi connectivity index (χ3n) is 5.34. The van der Waals surface area contributed by atoms with Crippen molar-refractivity contribution in [2.24, 2.45) is 0 Å². The van der Waals surface area contributed by atoms with Crippen LogP contribution in [0.3, 0.4) is 0 Å². The van der Waals surface area contributed by atoms with Crippen molar-refractivity contribution in [1.29, 1.82) is 0 Å². The lowest BCUT2D eigenvalue weighted by Crippen LogP contribution is -2.45. The molecule has 12 heteroatoms. The first-order chi connectivity index (χ1) is 15.9. The fraction of sp³-hybridized carbons (Fsp3) is 0.227. The highest BCUT2D eigenvalue weighted by molar-refractivity contribution is 9.10. The Balaban J connectivity index is 1.82. The number of hydrogen-bond donors (Lipinski definition) is 0. The van der Waals surface area contributed by atoms with Crippen molar-refractivity contribution in [3.05, 3.63) is 74.5 Å². The van der Waals surface area contributed by atoms with E-state index in [2.05, 4.69) is 25.9 Å². The molecule has 1 aliphatic heterocycles. The number of benzene rings is 1. The molecule has 3 aromatic rings. The predicted molar refractivity (Wildman–Crippen MR) is 120 cm³/mol. The number of nitrogens with zero attached hydrogens (tertiary/aromatic N) is 4. The molecule has 3 heterocycles. The molecule has 1 aromatic carbocycles. The summed E-state index contributed by atoms with van der Waals surface area (Å²) in [5.74, 6) is -2.57. The van der Waals surface area contributed by atoms with Gasteiger partial charge in [-0.25, -0.2) is 18.7 Å². The number of carbonyl (C=O) groups excluding carboxylic acids is 1. The van der Waals surface area contributed by atoms with E-state index in [9.17, 15) is 26.7 Å². The standard InChI is InChI=1S/C22H15BrClF5N4O/c1-10-3-12(22(27,28)29)6-19(31-10)33-18(5-11-4-13(23)9-30-20(11)33)21(34)32(2)17-7-14(24)15(25)8-16(17)26/h3-4,6-9,18H,5H2,1-2H3. The summed E-state index contributed by atoms with van der Waals surface area (Å²) in [7, 11) is 1.27. The molecule has 0 aliphatic carbocycles. The summed E-state index contributed by atoms with van der Waals surface area (Å²) in [6.45, 7) is 1.41. The van der Waals surface area contributed by atoms with Crippen molar-refractivity contribution < 1.29 is 26.7 Å². The Kier molecular flexibility index (Phi) is 6.28. The Morgan fingerprint density at radius 1 is 1.18 bits per heavy atom. The molecule has 4 rings (SSSR count). The molecule has 0 saturated heterocycles. The van der Waals surface area contributed by atoms with Gasteiger partial charge in [0.25, 0.3) is 0 Å². The van der Waals surface area contributed by atoms with Crippen molar-refractivity contribution in [2.45, 2.75) is 25.6 Å². The van der Waals surface area contributed by atoms with E-state index in [1.165, 1.54) is 25.1 Å². The molecule has 178 valence electrons. The van der Waals surface area contributed by atoms with Gasteiger partial charge in [-0.1, -0.05) is 11.6 Å². The summed E-state index contributed by atoms with van der Waals surface area (Å²) < 4.78 is 69.1. The van der Waals surface area contributed by atoms with Gasteiger partial charge in [0.15, 0.2) is 0 Å². The molecule has 1 unspecified atom stereocenters. The molecular formula is C22H15BrClF5N4O. The van der Waals surface area contributed by atoms with E-state index in [0.29, 0.717) is 16.1 Å². The van der Waals surface area contributed by atoms with Crippen molar-refractivity contribution >= 4 is 50.8 Å². The molecule has 0 fully saturated rings. The second-order valence-corrected chi connectivity index (χ2v) is 9.02. The summed E-state index contributed by atoms with van der Waals surface area (Å²) in [6.07, 6.45) is -3.12. The maximum Gasteiger partial charge on any atom is 0.416 e. The largest absolute Gasteiger partial charge is 0.416 e. The van der Waals surface area contributed by atoms with Crippen molar-refractivity contribution in [3.63, 3.8) is 0 Å². The van der Waals surface area contributed by atoms with Crippen LogP contribution in [0.2, 0.25) is 5.02 Å². The van der Waals surface area contributed by atoms with Crippen LogP contribution in [0.15, 0.2) is 41.0 Å². The minimum absolute atomic E-state index is 0.0679. The third kappa shape index (κ3) is 4.46. The number of aromatic nitrogens is 2. The number of amides is 1. The van der Waals surface area contributed by atoms with Crippen LogP contribution in [0.25, 0.3) is 0 Å². The SMILES string of the molecule is Cc1cc(C(F)(F)F)cc(N2c3ncc(Br)cc3CC2C(=O)N(C)c2cc(Cl)c(F)cc2F)n1. The summed E-state index contributed by atoms with van der Waals surface area (Å²) in [4.78, 5) is 24.2. The molecular weight excluding hydrogens is 547 g/mol. The Hall–Kier alpha value is -2.79. The second kappa shape index (κ2) is 8.77. The number of fused-ring (bicyclic) bond motifs is 1. The van der Waals surface area contributed by atoms with Crippen LogP contribution in [-0.4, -0.2) is 29.0 Å². The normalized spacial score (nSPS) is 15.4.